The minimum Gasteiger partial charge on any atom is -0.339 e. The van der Waals surface area contributed by atoms with E-state index in [1.165, 1.54) is 6.07 Å². The monoisotopic (exact) mass is 322 g/mol. The van der Waals surface area contributed by atoms with Crippen LogP contribution in [0.5, 0.6) is 0 Å². The number of hydrogen-bond donors (Lipinski definition) is 1. The van der Waals surface area contributed by atoms with Gasteiger partial charge in [0.1, 0.15) is 11.5 Å². The highest BCUT2D eigenvalue weighted by molar-refractivity contribution is 5.79. The molecule has 0 fully saturated rings. The quantitative estimate of drug-likeness (QED) is 0.607. The van der Waals surface area contributed by atoms with Crippen molar-refractivity contribution in [3.8, 4) is 11.3 Å². The number of imidazole rings is 1. The van der Waals surface area contributed by atoms with Crippen molar-refractivity contribution in [3.05, 3.63) is 78.8 Å². The van der Waals surface area contributed by atoms with Gasteiger partial charge in [0, 0.05) is 29.7 Å². The molecule has 0 aliphatic carbocycles. The van der Waals surface area contributed by atoms with E-state index in [0.29, 0.717) is 22.8 Å². The lowest BCUT2D eigenvalue weighted by Crippen LogP contribution is -1.98. The highest BCUT2D eigenvalue weighted by Crippen LogP contribution is 2.31. The standard InChI is InChI=1S/C18H12F2N4/c19-14-7-6-13(10-15(14)20)22-18-17(12-4-2-1-3-5-12)23-16-11-21-8-9-24(16)18/h1-11,22H. The summed E-state index contributed by atoms with van der Waals surface area (Å²) in [5.41, 5.74) is 2.70. The van der Waals surface area contributed by atoms with Gasteiger partial charge in [-0.2, -0.15) is 0 Å². The first-order chi connectivity index (χ1) is 11.7. The van der Waals surface area contributed by atoms with E-state index < -0.39 is 11.6 Å². The summed E-state index contributed by atoms with van der Waals surface area (Å²) in [7, 11) is 0. The molecule has 0 aliphatic rings. The number of nitrogens with one attached hydrogen (secondary N) is 1. The van der Waals surface area contributed by atoms with Gasteiger partial charge >= 0.3 is 0 Å². The summed E-state index contributed by atoms with van der Waals surface area (Å²) in [4.78, 5) is 8.66. The molecular weight excluding hydrogens is 310 g/mol. The summed E-state index contributed by atoms with van der Waals surface area (Å²) in [5.74, 6) is -1.13. The number of halogens is 2. The second kappa shape index (κ2) is 5.73. The van der Waals surface area contributed by atoms with E-state index in [4.69, 9.17) is 0 Å². The van der Waals surface area contributed by atoms with E-state index in [1.807, 2.05) is 34.7 Å². The van der Waals surface area contributed by atoms with Crippen LogP contribution in [0.3, 0.4) is 0 Å². The highest BCUT2D eigenvalue weighted by atomic mass is 19.2. The smallest absolute Gasteiger partial charge is 0.160 e. The van der Waals surface area contributed by atoms with E-state index in [2.05, 4.69) is 15.3 Å². The third-order valence-corrected chi connectivity index (χ3v) is 3.66. The Bertz CT molecular complexity index is 1010. The Kier molecular flexibility index (Phi) is 3.42. The van der Waals surface area contributed by atoms with Crippen molar-refractivity contribution in [1.82, 2.24) is 14.4 Å². The minimum atomic E-state index is -0.906. The molecule has 24 heavy (non-hydrogen) atoms. The zero-order chi connectivity index (χ0) is 16.5. The molecule has 0 aliphatic heterocycles. The van der Waals surface area contributed by atoms with E-state index in [-0.39, 0.29) is 0 Å². The van der Waals surface area contributed by atoms with Crippen LogP contribution >= 0.6 is 0 Å². The molecule has 0 unspecified atom stereocenters. The van der Waals surface area contributed by atoms with Crippen molar-refractivity contribution in [2.45, 2.75) is 0 Å². The predicted molar refractivity (Wildman–Crippen MR) is 88.1 cm³/mol. The lowest BCUT2D eigenvalue weighted by atomic mass is 10.1. The molecule has 0 saturated carbocycles. The van der Waals surface area contributed by atoms with E-state index in [1.54, 1.807) is 18.6 Å². The van der Waals surface area contributed by atoms with E-state index in [9.17, 15) is 8.78 Å². The van der Waals surface area contributed by atoms with Crippen LogP contribution in [0, 0.1) is 11.6 Å². The normalized spacial score (nSPS) is 10.9. The Morgan fingerprint density at radius 3 is 2.58 bits per heavy atom. The van der Waals surface area contributed by atoms with Crippen molar-refractivity contribution >= 4 is 17.2 Å². The molecule has 0 bridgehead atoms. The summed E-state index contributed by atoms with van der Waals surface area (Å²) >= 11 is 0. The number of hydrogen-bond acceptors (Lipinski definition) is 3. The van der Waals surface area contributed by atoms with Gasteiger partial charge in [-0.05, 0) is 12.1 Å². The van der Waals surface area contributed by atoms with Gasteiger partial charge in [0.15, 0.2) is 17.3 Å². The van der Waals surface area contributed by atoms with Gasteiger partial charge in [0.05, 0.1) is 6.20 Å². The number of fused-ring (bicyclic) bond motifs is 1. The molecule has 4 aromatic rings. The molecule has 4 rings (SSSR count). The molecule has 0 saturated heterocycles. The van der Waals surface area contributed by atoms with Gasteiger partial charge in [-0.1, -0.05) is 30.3 Å². The molecule has 118 valence electrons. The molecule has 2 heterocycles. The van der Waals surface area contributed by atoms with Crippen LogP contribution < -0.4 is 5.32 Å². The molecular formula is C18H12F2N4. The Morgan fingerprint density at radius 2 is 1.79 bits per heavy atom. The second-order valence-electron chi connectivity index (χ2n) is 5.23. The van der Waals surface area contributed by atoms with Crippen molar-refractivity contribution in [2.75, 3.05) is 5.32 Å². The lowest BCUT2D eigenvalue weighted by Gasteiger charge is -2.09. The average Bonchev–Trinajstić information content (AvgIpc) is 2.98. The lowest BCUT2D eigenvalue weighted by molar-refractivity contribution is 0.509. The minimum absolute atomic E-state index is 0.435. The highest BCUT2D eigenvalue weighted by Gasteiger charge is 2.15. The number of anilines is 2. The summed E-state index contributed by atoms with van der Waals surface area (Å²) < 4.78 is 28.5. The van der Waals surface area contributed by atoms with Crippen LogP contribution in [0.1, 0.15) is 0 Å². The second-order valence-corrected chi connectivity index (χ2v) is 5.23. The Labute approximate surface area is 136 Å². The first-order valence-electron chi connectivity index (χ1n) is 7.32. The zero-order valence-electron chi connectivity index (χ0n) is 12.4. The summed E-state index contributed by atoms with van der Waals surface area (Å²) in [5, 5.41) is 3.13. The fourth-order valence-electron chi connectivity index (χ4n) is 2.53. The summed E-state index contributed by atoms with van der Waals surface area (Å²) in [6.45, 7) is 0. The van der Waals surface area contributed by atoms with Crippen LogP contribution in [-0.2, 0) is 0 Å². The Morgan fingerprint density at radius 1 is 0.958 bits per heavy atom. The van der Waals surface area contributed by atoms with Crippen molar-refractivity contribution < 1.29 is 8.78 Å². The number of aromatic nitrogens is 3. The molecule has 2 aromatic heterocycles. The number of benzene rings is 2. The van der Waals surface area contributed by atoms with Crippen LogP contribution in [-0.4, -0.2) is 14.4 Å². The van der Waals surface area contributed by atoms with Gasteiger partial charge in [0.2, 0.25) is 0 Å². The molecule has 0 amide bonds. The predicted octanol–water partition coefficient (Wildman–Crippen LogP) is 4.42. The molecule has 0 spiro atoms. The molecule has 1 N–H and O–H groups in total. The molecule has 4 nitrogen and oxygen atoms in total. The maximum atomic E-state index is 13.5. The van der Waals surface area contributed by atoms with Crippen LogP contribution in [0.2, 0.25) is 0 Å². The third kappa shape index (κ3) is 2.48. The Hall–Kier alpha value is -3.28. The van der Waals surface area contributed by atoms with E-state index >= 15 is 0 Å². The SMILES string of the molecule is Fc1ccc(Nc2c(-c3ccccc3)nc3cnccn23)cc1F. The fourth-order valence-corrected chi connectivity index (χ4v) is 2.53. The van der Waals surface area contributed by atoms with E-state index in [0.717, 1.165) is 17.7 Å². The number of nitrogens with zero attached hydrogens (tertiary/aromatic N) is 3. The fraction of sp³-hybridized carbons (Fsp3) is 0. The molecule has 6 heteroatoms. The van der Waals surface area contributed by atoms with Gasteiger partial charge in [-0.3, -0.25) is 9.38 Å². The zero-order valence-corrected chi connectivity index (χ0v) is 12.4. The number of rotatable bonds is 3. The van der Waals surface area contributed by atoms with Gasteiger partial charge in [-0.25, -0.2) is 13.8 Å². The third-order valence-electron chi connectivity index (χ3n) is 3.66. The van der Waals surface area contributed by atoms with Gasteiger partial charge < -0.3 is 5.32 Å². The van der Waals surface area contributed by atoms with Crippen molar-refractivity contribution in [2.24, 2.45) is 0 Å². The van der Waals surface area contributed by atoms with Crippen LogP contribution in [0.4, 0.5) is 20.3 Å². The van der Waals surface area contributed by atoms with Crippen molar-refractivity contribution in [3.63, 3.8) is 0 Å². The topological polar surface area (TPSA) is 42.2 Å². The van der Waals surface area contributed by atoms with Gasteiger partial charge in [-0.15, -0.1) is 0 Å². The van der Waals surface area contributed by atoms with Gasteiger partial charge in [0.25, 0.3) is 0 Å². The first kappa shape index (κ1) is 14.3. The molecule has 0 atom stereocenters. The largest absolute Gasteiger partial charge is 0.339 e. The first-order valence-corrected chi connectivity index (χ1v) is 7.32. The summed E-state index contributed by atoms with van der Waals surface area (Å²) in [6, 6.07) is 13.3. The maximum absolute atomic E-state index is 13.5. The summed E-state index contributed by atoms with van der Waals surface area (Å²) in [6.07, 6.45) is 5.04. The molecule has 0 radical (unpaired) electrons. The van der Waals surface area contributed by atoms with Crippen molar-refractivity contribution in [1.29, 1.82) is 0 Å². The van der Waals surface area contributed by atoms with Crippen LogP contribution in [0.15, 0.2) is 67.1 Å². The molecule has 2 aromatic carbocycles. The average molecular weight is 322 g/mol. The van der Waals surface area contributed by atoms with Crippen LogP contribution in [0.25, 0.3) is 16.9 Å². The Balaban J connectivity index is 1.87. The maximum Gasteiger partial charge on any atom is 0.160 e.